The highest BCUT2D eigenvalue weighted by molar-refractivity contribution is 6.02. The summed E-state index contributed by atoms with van der Waals surface area (Å²) in [6.07, 6.45) is -1.50. The largest absolute Gasteiger partial charge is 0.465 e. The molecule has 0 radical (unpaired) electrons. The lowest BCUT2D eigenvalue weighted by molar-refractivity contribution is -0.383. The molecule has 0 unspecified atom stereocenters. The topological polar surface area (TPSA) is 119 Å². The van der Waals surface area contributed by atoms with E-state index < -0.39 is 28.4 Å². The van der Waals surface area contributed by atoms with Gasteiger partial charge in [0.25, 0.3) is 5.69 Å². The van der Waals surface area contributed by atoms with Crippen LogP contribution in [0.1, 0.15) is 17.3 Å². The zero-order chi connectivity index (χ0) is 13.7. The summed E-state index contributed by atoms with van der Waals surface area (Å²) in [5.41, 5.74) is -1.11. The van der Waals surface area contributed by atoms with Crippen LogP contribution in [0.5, 0.6) is 0 Å². The van der Waals surface area contributed by atoms with Crippen molar-refractivity contribution in [3.63, 3.8) is 0 Å². The van der Waals surface area contributed by atoms with E-state index in [4.69, 9.17) is 9.84 Å². The van der Waals surface area contributed by atoms with Crippen molar-refractivity contribution in [1.29, 1.82) is 0 Å². The van der Waals surface area contributed by atoms with Crippen molar-refractivity contribution < 1.29 is 24.4 Å². The van der Waals surface area contributed by atoms with E-state index in [1.807, 2.05) is 5.32 Å². The smallest absolute Gasteiger partial charge is 0.409 e. The average molecular weight is 254 g/mol. The summed E-state index contributed by atoms with van der Waals surface area (Å²) < 4.78 is 4.69. The number of nitro groups is 1. The third kappa shape index (κ3) is 2.94. The van der Waals surface area contributed by atoms with Crippen LogP contribution >= 0.6 is 0 Å². The third-order valence-corrected chi connectivity index (χ3v) is 1.97. The Morgan fingerprint density at radius 2 is 2.17 bits per heavy atom. The van der Waals surface area contributed by atoms with E-state index in [2.05, 4.69) is 0 Å². The molecule has 0 saturated carbocycles. The SMILES string of the molecule is CCOC(=O)c1cccc([N+](=O)[O-])c1NC(=O)O. The number of anilines is 1. The highest BCUT2D eigenvalue weighted by atomic mass is 16.6. The summed E-state index contributed by atoms with van der Waals surface area (Å²) in [6, 6.07) is 3.61. The molecule has 0 aromatic heterocycles. The van der Waals surface area contributed by atoms with Gasteiger partial charge in [-0.05, 0) is 13.0 Å². The predicted octanol–water partition coefficient (Wildman–Crippen LogP) is 1.86. The van der Waals surface area contributed by atoms with Crippen LogP contribution in [0, 0.1) is 10.1 Å². The van der Waals surface area contributed by atoms with Gasteiger partial charge in [-0.3, -0.25) is 15.4 Å². The molecule has 1 rings (SSSR count). The van der Waals surface area contributed by atoms with Crippen molar-refractivity contribution in [2.24, 2.45) is 0 Å². The summed E-state index contributed by atoms with van der Waals surface area (Å²) in [5, 5.41) is 21.2. The number of hydrogen-bond acceptors (Lipinski definition) is 5. The number of para-hydroxylation sites is 1. The second-order valence-corrected chi connectivity index (χ2v) is 3.11. The average Bonchev–Trinajstić information content (AvgIpc) is 2.28. The molecular formula is C10H10N2O6. The second-order valence-electron chi connectivity index (χ2n) is 3.11. The number of rotatable bonds is 4. The number of amides is 1. The fourth-order valence-electron chi connectivity index (χ4n) is 1.31. The maximum atomic E-state index is 11.5. The number of carbonyl (C=O) groups excluding carboxylic acids is 1. The molecule has 0 aliphatic heterocycles. The molecule has 0 saturated heterocycles. The molecule has 0 spiro atoms. The van der Waals surface area contributed by atoms with Gasteiger partial charge in [0.05, 0.1) is 17.1 Å². The van der Waals surface area contributed by atoms with E-state index in [0.29, 0.717) is 0 Å². The van der Waals surface area contributed by atoms with Crippen molar-refractivity contribution >= 4 is 23.4 Å². The zero-order valence-corrected chi connectivity index (χ0v) is 9.37. The normalized spacial score (nSPS) is 9.61. The van der Waals surface area contributed by atoms with Crippen molar-refractivity contribution in [2.75, 3.05) is 11.9 Å². The van der Waals surface area contributed by atoms with Crippen molar-refractivity contribution in [3.05, 3.63) is 33.9 Å². The van der Waals surface area contributed by atoms with Gasteiger partial charge in [-0.2, -0.15) is 0 Å². The van der Waals surface area contributed by atoms with Crippen LogP contribution in [0.4, 0.5) is 16.2 Å². The van der Waals surface area contributed by atoms with Crippen LogP contribution < -0.4 is 5.32 Å². The number of benzene rings is 1. The van der Waals surface area contributed by atoms with Gasteiger partial charge in [0.2, 0.25) is 0 Å². The lowest BCUT2D eigenvalue weighted by atomic mass is 10.1. The summed E-state index contributed by atoms with van der Waals surface area (Å²) in [4.78, 5) is 32.1. The summed E-state index contributed by atoms with van der Waals surface area (Å²) >= 11 is 0. The summed E-state index contributed by atoms with van der Waals surface area (Å²) in [6.45, 7) is 1.65. The van der Waals surface area contributed by atoms with E-state index in [0.717, 1.165) is 6.07 Å². The number of hydrogen-bond donors (Lipinski definition) is 2. The highest BCUT2D eigenvalue weighted by Gasteiger charge is 2.23. The maximum absolute atomic E-state index is 11.5. The minimum atomic E-state index is -1.50. The predicted molar refractivity (Wildman–Crippen MR) is 60.7 cm³/mol. The second kappa shape index (κ2) is 5.62. The van der Waals surface area contributed by atoms with E-state index in [1.54, 1.807) is 6.92 Å². The molecule has 8 nitrogen and oxygen atoms in total. The molecule has 0 bridgehead atoms. The Balaban J connectivity index is 3.31. The maximum Gasteiger partial charge on any atom is 0.409 e. The molecule has 1 amide bonds. The van der Waals surface area contributed by atoms with Gasteiger partial charge in [-0.15, -0.1) is 0 Å². The Labute approximate surface area is 101 Å². The molecule has 0 atom stereocenters. The molecule has 96 valence electrons. The van der Waals surface area contributed by atoms with E-state index in [1.165, 1.54) is 12.1 Å². The standard InChI is InChI=1S/C10H10N2O6/c1-2-18-9(13)6-4-3-5-7(12(16)17)8(6)11-10(14)15/h3-5,11H,2H2,1H3,(H,14,15). The van der Waals surface area contributed by atoms with Gasteiger partial charge < -0.3 is 9.84 Å². The van der Waals surface area contributed by atoms with Gasteiger partial charge in [-0.25, -0.2) is 9.59 Å². The number of esters is 1. The molecule has 1 aromatic rings. The molecular weight excluding hydrogens is 244 g/mol. The molecule has 8 heteroatoms. The van der Waals surface area contributed by atoms with Crippen LogP contribution in [0.2, 0.25) is 0 Å². The van der Waals surface area contributed by atoms with E-state index in [-0.39, 0.29) is 12.2 Å². The lowest BCUT2D eigenvalue weighted by Gasteiger charge is -2.08. The summed E-state index contributed by atoms with van der Waals surface area (Å²) in [5.74, 6) is -0.829. The fourth-order valence-corrected chi connectivity index (χ4v) is 1.31. The van der Waals surface area contributed by atoms with Crippen molar-refractivity contribution in [3.8, 4) is 0 Å². The van der Waals surface area contributed by atoms with Gasteiger partial charge >= 0.3 is 12.1 Å². The van der Waals surface area contributed by atoms with Crippen molar-refractivity contribution in [2.45, 2.75) is 6.92 Å². The quantitative estimate of drug-likeness (QED) is 0.480. The Bertz CT molecular complexity index is 499. The molecule has 0 aliphatic carbocycles. The minimum Gasteiger partial charge on any atom is -0.465 e. The first-order chi connectivity index (χ1) is 8.47. The Hall–Kier alpha value is -2.64. The minimum absolute atomic E-state index is 0.0774. The number of nitro benzene ring substituents is 1. The van der Waals surface area contributed by atoms with Gasteiger partial charge in [0.1, 0.15) is 5.69 Å². The molecule has 1 aromatic carbocycles. The third-order valence-electron chi connectivity index (χ3n) is 1.97. The van der Waals surface area contributed by atoms with Gasteiger partial charge in [-0.1, -0.05) is 6.07 Å². The molecule has 18 heavy (non-hydrogen) atoms. The van der Waals surface area contributed by atoms with Crippen molar-refractivity contribution in [1.82, 2.24) is 0 Å². The lowest BCUT2D eigenvalue weighted by Crippen LogP contribution is -2.15. The summed E-state index contributed by atoms with van der Waals surface area (Å²) in [7, 11) is 0. The number of carbonyl (C=O) groups is 2. The number of nitrogens with one attached hydrogen (secondary N) is 1. The first-order valence-corrected chi connectivity index (χ1v) is 4.91. The Morgan fingerprint density at radius 3 is 2.67 bits per heavy atom. The Kier molecular flexibility index (Phi) is 4.19. The van der Waals surface area contributed by atoms with E-state index in [9.17, 15) is 19.7 Å². The molecule has 0 fully saturated rings. The van der Waals surface area contributed by atoms with Crippen LogP contribution in [-0.4, -0.2) is 28.7 Å². The van der Waals surface area contributed by atoms with Crippen LogP contribution in [0.25, 0.3) is 0 Å². The van der Waals surface area contributed by atoms with Crippen LogP contribution in [0.15, 0.2) is 18.2 Å². The first kappa shape index (κ1) is 13.4. The molecule has 0 heterocycles. The fraction of sp³-hybridized carbons (Fsp3) is 0.200. The first-order valence-electron chi connectivity index (χ1n) is 4.91. The van der Waals surface area contributed by atoms with Gasteiger partial charge in [0.15, 0.2) is 0 Å². The number of carboxylic acid groups (broad SMARTS) is 1. The molecule has 2 N–H and O–H groups in total. The number of nitrogens with zero attached hydrogens (tertiary/aromatic N) is 1. The number of ether oxygens (including phenoxy) is 1. The highest BCUT2D eigenvalue weighted by Crippen LogP contribution is 2.28. The zero-order valence-electron chi connectivity index (χ0n) is 9.37. The Morgan fingerprint density at radius 1 is 1.50 bits per heavy atom. The van der Waals surface area contributed by atoms with E-state index >= 15 is 0 Å². The molecule has 0 aliphatic rings. The van der Waals surface area contributed by atoms with Gasteiger partial charge in [0, 0.05) is 6.07 Å². The van der Waals surface area contributed by atoms with Crippen LogP contribution in [0.3, 0.4) is 0 Å². The van der Waals surface area contributed by atoms with Crippen LogP contribution in [-0.2, 0) is 4.74 Å². The monoisotopic (exact) mass is 254 g/mol.